The molecule has 0 aliphatic heterocycles. The lowest BCUT2D eigenvalue weighted by Gasteiger charge is -2.28. The summed E-state index contributed by atoms with van der Waals surface area (Å²) in [5.41, 5.74) is 2.17. The number of hydrogen-bond acceptors (Lipinski definition) is 3. The molecule has 1 aromatic carbocycles. The van der Waals surface area contributed by atoms with Crippen LogP contribution < -0.4 is 4.72 Å². The fourth-order valence-corrected chi connectivity index (χ4v) is 3.37. The molecular formula is C19H23FN2OS. The predicted octanol–water partition coefficient (Wildman–Crippen LogP) is 4.24. The number of nitrogens with zero attached hydrogens (tertiary/aromatic N) is 1. The molecule has 5 heteroatoms. The molecule has 1 fully saturated rings. The molecule has 2 atom stereocenters. The zero-order valence-corrected chi connectivity index (χ0v) is 15.1. The van der Waals surface area contributed by atoms with Crippen molar-refractivity contribution in [2.45, 2.75) is 50.3 Å². The summed E-state index contributed by atoms with van der Waals surface area (Å²) in [5.74, 6) is -0.0855. The molecule has 1 aliphatic rings. The van der Waals surface area contributed by atoms with E-state index >= 15 is 0 Å². The Labute approximate surface area is 146 Å². The normalized spacial score (nSPS) is 17.5. The van der Waals surface area contributed by atoms with Crippen LogP contribution in [0.5, 0.6) is 0 Å². The molecule has 1 unspecified atom stereocenters. The number of benzene rings is 1. The van der Waals surface area contributed by atoms with Gasteiger partial charge in [-0.3, -0.25) is 0 Å². The van der Waals surface area contributed by atoms with Gasteiger partial charge in [0.15, 0.2) is 0 Å². The molecule has 3 rings (SSSR count). The van der Waals surface area contributed by atoms with E-state index in [2.05, 4.69) is 9.71 Å². The van der Waals surface area contributed by atoms with Crippen LogP contribution in [-0.2, 0) is 11.4 Å². The van der Waals surface area contributed by atoms with Gasteiger partial charge in [-0.25, -0.2) is 4.98 Å². The number of hydrogen-bond donors (Lipinski definition) is 1. The third kappa shape index (κ3) is 3.97. The first-order valence-electron chi connectivity index (χ1n) is 8.25. The summed E-state index contributed by atoms with van der Waals surface area (Å²) in [6.07, 6.45) is 2.07. The van der Waals surface area contributed by atoms with E-state index < -0.39 is 28.1 Å². The average molecular weight is 346 g/mol. The molecule has 1 aromatic heterocycles. The minimum absolute atomic E-state index is 0.318. The van der Waals surface area contributed by atoms with Crippen molar-refractivity contribution in [1.29, 1.82) is 0 Å². The number of halogens is 1. The Morgan fingerprint density at radius 2 is 1.83 bits per heavy atom. The van der Waals surface area contributed by atoms with E-state index in [-0.39, 0.29) is 0 Å². The quantitative estimate of drug-likeness (QED) is 0.651. The van der Waals surface area contributed by atoms with Crippen molar-refractivity contribution in [3.8, 4) is 0 Å². The lowest BCUT2D eigenvalue weighted by atomic mass is 10.0. The van der Waals surface area contributed by atoms with Gasteiger partial charge in [-0.2, -0.15) is 4.39 Å². The van der Waals surface area contributed by atoms with Crippen LogP contribution >= 0.6 is 0 Å². The van der Waals surface area contributed by atoms with Crippen LogP contribution in [0.15, 0.2) is 42.5 Å². The highest BCUT2D eigenvalue weighted by Gasteiger charge is 2.32. The van der Waals surface area contributed by atoms with Gasteiger partial charge in [0, 0.05) is 16.9 Å². The van der Waals surface area contributed by atoms with Crippen LogP contribution in [0, 0.1) is 5.95 Å². The molecule has 0 radical (unpaired) electrons. The Morgan fingerprint density at radius 3 is 2.38 bits per heavy atom. The molecule has 1 N–H and O–H groups in total. The van der Waals surface area contributed by atoms with E-state index in [0.717, 1.165) is 18.4 Å². The molecule has 1 aliphatic carbocycles. The maximum absolute atomic E-state index is 14.4. The van der Waals surface area contributed by atoms with Crippen molar-refractivity contribution in [3.63, 3.8) is 0 Å². The summed E-state index contributed by atoms with van der Waals surface area (Å²) in [4.78, 5) is 4.18. The van der Waals surface area contributed by atoms with Crippen LogP contribution in [0.4, 0.5) is 4.39 Å². The molecule has 0 amide bonds. The Hall–Kier alpha value is -1.43. The van der Waals surface area contributed by atoms with Gasteiger partial charge in [0.25, 0.3) is 0 Å². The second-order valence-corrected chi connectivity index (χ2v) is 9.23. The summed E-state index contributed by atoms with van der Waals surface area (Å²) in [6, 6.07) is 12.9. The van der Waals surface area contributed by atoms with Crippen molar-refractivity contribution in [2.24, 2.45) is 0 Å². The summed E-state index contributed by atoms with van der Waals surface area (Å²) in [7, 11) is 0. The largest absolute Gasteiger partial charge is 0.598 e. The number of nitrogens with one attached hydrogen (secondary N) is 1. The molecule has 128 valence electrons. The van der Waals surface area contributed by atoms with E-state index in [0.29, 0.717) is 17.2 Å². The minimum atomic E-state index is -1.29. The van der Waals surface area contributed by atoms with Crippen molar-refractivity contribution in [1.82, 2.24) is 9.71 Å². The van der Waals surface area contributed by atoms with Crippen molar-refractivity contribution >= 4 is 11.4 Å². The Bertz CT molecular complexity index is 698. The molecule has 1 saturated carbocycles. The highest BCUT2D eigenvalue weighted by molar-refractivity contribution is 7.90. The second kappa shape index (κ2) is 6.82. The Balaban J connectivity index is 1.93. The van der Waals surface area contributed by atoms with E-state index in [9.17, 15) is 8.94 Å². The standard InChI is InChI=1S/C19H23FN2OS/c1-19(2,3)24(23)22-17(14-7-5-4-6-8-14)16-12-11-15(13-9-10-13)18(20)21-16/h4-8,11-13,17,22H,9-10H2,1-3H3/t17-,24?/m0/s1. The summed E-state index contributed by atoms with van der Waals surface area (Å²) in [6.45, 7) is 5.72. The average Bonchev–Trinajstić information content (AvgIpc) is 3.37. The summed E-state index contributed by atoms with van der Waals surface area (Å²) in [5, 5.41) is 0. The van der Waals surface area contributed by atoms with Crippen LogP contribution in [0.2, 0.25) is 0 Å². The van der Waals surface area contributed by atoms with Gasteiger partial charge in [-0.05, 0) is 51.2 Å². The number of pyridine rings is 1. The Kier molecular flexibility index (Phi) is 4.95. The maximum Gasteiger partial charge on any atom is 0.216 e. The van der Waals surface area contributed by atoms with E-state index in [1.165, 1.54) is 0 Å². The monoisotopic (exact) mass is 346 g/mol. The van der Waals surface area contributed by atoms with Crippen molar-refractivity contribution < 1.29 is 8.94 Å². The first-order chi connectivity index (χ1) is 11.4. The van der Waals surface area contributed by atoms with Gasteiger partial charge in [-0.15, -0.1) is 4.72 Å². The first kappa shape index (κ1) is 17.4. The molecule has 0 bridgehead atoms. The van der Waals surface area contributed by atoms with Crippen molar-refractivity contribution in [2.75, 3.05) is 0 Å². The molecule has 0 spiro atoms. The van der Waals surface area contributed by atoms with Crippen LogP contribution in [0.3, 0.4) is 0 Å². The van der Waals surface area contributed by atoms with Gasteiger partial charge >= 0.3 is 0 Å². The van der Waals surface area contributed by atoms with E-state index in [4.69, 9.17) is 0 Å². The molecule has 2 aromatic rings. The minimum Gasteiger partial charge on any atom is -0.598 e. The number of rotatable bonds is 5. The highest BCUT2D eigenvalue weighted by Crippen LogP contribution is 2.41. The van der Waals surface area contributed by atoms with Crippen molar-refractivity contribution in [3.05, 3.63) is 65.2 Å². The van der Waals surface area contributed by atoms with Gasteiger partial charge < -0.3 is 4.55 Å². The van der Waals surface area contributed by atoms with E-state index in [1.54, 1.807) is 0 Å². The Morgan fingerprint density at radius 1 is 1.17 bits per heavy atom. The van der Waals surface area contributed by atoms with Gasteiger partial charge in [0.2, 0.25) is 5.95 Å². The molecular weight excluding hydrogens is 323 g/mol. The van der Waals surface area contributed by atoms with Crippen LogP contribution in [0.1, 0.15) is 62.4 Å². The highest BCUT2D eigenvalue weighted by atomic mass is 32.2. The molecule has 0 saturated heterocycles. The third-order valence-electron chi connectivity index (χ3n) is 4.13. The van der Waals surface area contributed by atoms with Gasteiger partial charge in [0.05, 0.1) is 5.69 Å². The van der Waals surface area contributed by atoms with E-state index in [1.807, 2.05) is 63.2 Å². The fourth-order valence-electron chi connectivity index (χ4n) is 2.55. The molecule has 3 nitrogen and oxygen atoms in total. The SMILES string of the molecule is CC(C)(C)[S+]([O-])N[C@@H](c1ccccc1)c1ccc(C2CC2)c(F)n1. The topological polar surface area (TPSA) is 48.0 Å². The number of aromatic nitrogens is 1. The van der Waals surface area contributed by atoms with Crippen LogP contribution in [-0.4, -0.2) is 14.3 Å². The molecule has 1 heterocycles. The fraction of sp³-hybridized carbons (Fsp3) is 0.421. The summed E-state index contributed by atoms with van der Waals surface area (Å²) < 4.78 is 29.7. The summed E-state index contributed by atoms with van der Waals surface area (Å²) >= 11 is -1.29. The first-order valence-corrected chi connectivity index (χ1v) is 9.40. The zero-order valence-electron chi connectivity index (χ0n) is 14.3. The molecule has 24 heavy (non-hydrogen) atoms. The van der Waals surface area contributed by atoms with Crippen LogP contribution in [0.25, 0.3) is 0 Å². The van der Waals surface area contributed by atoms with Gasteiger partial charge in [-0.1, -0.05) is 36.4 Å². The predicted molar refractivity (Wildman–Crippen MR) is 95.5 cm³/mol. The lowest BCUT2D eigenvalue weighted by Crippen LogP contribution is -2.41. The second-order valence-electron chi connectivity index (χ2n) is 7.23. The zero-order chi connectivity index (χ0) is 17.3. The maximum atomic E-state index is 14.4. The van der Waals surface area contributed by atoms with Gasteiger partial charge in [0.1, 0.15) is 10.8 Å². The third-order valence-corrected chi connectivity index (χ3v) is 5.69. The lowest BCUT2D eigenvalue weighted by molar-refractivity contribution is 0.525. The smallest absolute Gasteiger partial charge is 0.216 e.